The van der Waals surface area contributed by atoms with Gasteiger partial charge in [0.1, 0.15) is 0 Å². The summed E-state index contributed by atoms with van der Waals surface area (Å²) in [5.41, 5.74) is 3.56. The van der Waals surface area contributed by atoms with Crippen molar-refractivity contribution in [2.24, 2.45) is 10.9 Å². The van der Waals surface area contributed by atoms with E-state index in [2.05, 4.69) is 28.1 Å². The van der Waals surface area contributed by atoms with Crippen LogP contribution in [-0.4, -0.2) is 36.6 Å². The molecule has 2 aliphatic rings. The van der Waals surface area contributed by atoms with Gasteiger partial charge in [0.05, 0.1) is 5.60 Å². The molecule has 2 heterocycles. The van der Waals surface area contributed by atoms with Crippen LogP contribution in [0.1, 0.15) is 37.8 Å². The quantitative estimate of drug-likeness (QED) is 0.898. The Morgan fingerprint density at radius 3 is 2.70 bits per heavy atom. The van der Waals surface area contributed by atoms with Crippen molar-refractivity contribution in [1.82, 2.24) is 0 Å². The Hall–Kier alpha value is -1.35. The van der Waals surface area contributed by atoms with Crippen LogP contribution in [0.5, 0.6) is 0 Å². The molecular weight excluding hydrogens is 248 g/mol. The number of piperidine rings is 1. The van der Waals surface area contributed by atoms with Crippen molar-refractivity contribution in [3.05, 3.63) is 29.3 Å². The van der Waals surface area contributed by atoms with E-state index in [0.29, 0.717) is 5.92 Å². The van der Waals surface area contributed by atoms with Gasteiger partial charge in [0.15, 0.2) is 0 Å². The minimum atomic E-state index is -0.547. The molecule has 0 radical (unpaired) electrons. The highest BCUT2D eigenvalue weighted by atomic mass is 16.3. The van der Waals surface area contributed by atoms with Crippen LogP contribution in [0.25, 0.3) is 0 Å². The van der Waals surface area contributed by atoms with Crippen molar-refractivity contribution in [3.8, 4) is 0 Å². The van der Waals surface area contributed by atoms with E-state index in [9.17, 15) is 5.11 Å². The van der Waals surface area contributed by atoms with E-state index in [0.717, 1.165) is 38.9 Å². The maximum absolute atomic E-state index is 10.2. The molecule has 20 heavy (non-hydrogen) atoms. The second kappa shape index (κ2) is 5.21. The van der Waals surface area contributed by atoms with E-state index < -0.39 is 5.60 Å². The number of anilines is 1. The lowest BCUT2D eigenvalue weighted by Crippen LogP contribution is -2.42. The molecule has 1 aromatic carbocycles. The zero-order valence-electron chi connectivity index (χ0n) is 12.5. The molecule has 3 rings (SSSR count). The van der Waals surface area contributed by atoms with E-state index in [1.807, 2.05) is 20.1 Å². The molecule has 1 aromatic rings. The molecule has 1 fully saturated rings. The normalized spacial score (nSPS) is 20.1. The van der Waals surface area contributed by atoms with E-state index in [-0.39, 0.29) is 0 Å². The molecule has 0 saturated carbocycles. The van der Waals surface area contributed by atoms with E-state index in [4.69, 9.17) is 0 Å². The maximum Gasteiger partial charge on any atom is 0.0621 e. The third-order valence-electron chi connectivity index (χ3n) is 4.74. The molecule has 0 unspecified atom stereocenters. The largest absolute Gasteiger partial charge is 0.390 e. The molecule has 0 atom stereocenters. The van der Waals surface area contributed by atoms with Crippen LogP contribution in [-0.2, 0) is 6.42 Å². The average Bonchev–Trinajstić information content (AvgIpc) is 2.46. The first-order valence-electron chi connectivity index (χ1n) is 7.65. The highest BCUT2D eigenvalue weighted by Gasteiger charge is 2.31. The molecule has 2 aliphatic heterocycles. The number of rotatable bonds is 2. The van der Waals surface area contributed by atoms with Gasteiger partial charge in [0, 0.05) is 31.5 Å². The fourth-order valence-corrected chi connectivity index (χ4v) is 3.45. The van der Waals surface area contributed by atoms with Gasteiger partial charge in [-0.15, -0.1) is 0 Å². The second-order valence-corrected chi connectivity index (χ2v) is 6.55. The standard InChI is InChI=1S/C17H24N2O/c1-17(2,20)14-7-10-19(11-8-14)16-5-3-4-13-12-18-9-6-15(13)16/h3-5,12,14,20H,6-11H2,1-2H3. The zero-order chi connectivity index (χ0) is 14.2. The summed E-state index contributed by atoms with van der Waals surface area (Å²) in [7, 11) is 0. The van der Waals surface area contributed by atoms with Crippen LogP contribution in [0.15, 0.2) is 23.2 Å². The molecule has 0 aliphatic carbocycles. The summed E-state index contributed by atoms with van der Waals surface area (Å²) in [6, 6.07) is 6.53. The lowest BCUT2D eigenvalue weighted by molar-refractivity contribution is 0.00651. The van der Waals surface area contributed by atoms with Crippen molar-refractivity contribution < 1.29 is 5.11 Å². The van der Waals surface area contributed by atoms with Gasteiger partial charge in [-0.2, -0.15) is 0 Å². The van der Waals surface area contributed by atoms with Crippen molar-refractivity contribution in [2.45, 2.75) is 38.7 Å². The third-order valence-corrected chi connectivity index (χ3v) is 4.74. The van der Waals surface area contributed by atoms with E-state index in [1.165, 1.54) is 16.8 Å². The molecule has 0 bridgehead atoms. The van der Waals surface area contributed by atoms with Gasteiger partial charge in [-0.25, -0.2) is 0 Å². The van der Waals surface area contributed by atoms with Crippen molar-refractivity contribution in [3.63, 3.8) is 0 Å². The summed E-state index contributed by atoms with van der Waals surface area (Å²) >= 11 is 0. The fraction of sp³-hybridized carbons (Fsp3) is 0.588. The number of aliphatic hydroxyl groups is 1. The SMILES string of the molecule is CC(C)(O)C1CCN(c2cccc3c2CCN=C3)CC1. The predicted octanol–water partition coefficient (Wildman–Crippen LogP) is 2.65. The molecule has 0 aromatic heterocycles. The Morgan fingerprint density at radius 1 is 1.25 bits per heavy atom. The van der Waals surface area contributed by atoms with Crippen molar-refractivity contribution in [2.75, 3.05) is 24.5 Å². The summed E-state index contributed by atoms with van der Waals surface area (Å²) in [6.45, 7) is 6.87. The average molecular weight is 272 g/mol. The lowest BCUT2D eigenvalue weighted by Gasteiger charge is -2.39. The summed E-state index contributed by atoms with van der Waals surface area (Å²) < 4.78 is 0. The summed E-state index contributed by atoms with van der Waals surface area (Å²) in [5.74, 6) is 0.417. The van der Waals surface area contributed by atoms with Crippen LogP contribution < -0.4 is 4.90 Å². The van der Waals surface area contributed by atoms with Gasteiger partial charge < -0.3 is 10.0 Å². The summed E-state index contributed by atoms with van der Waals surface area (Å²) in [5, 5.41) is 10.2. The van der Waals surface area contributed by atoms with E-state index >= 15 is 0 Å². The van der Waals surface area contributed by atoms with Gasteiger partial charge in [0.25, 0.3) is 0 Å². The summed E-state index contributed by atoms with van der Waals surface area (Å²) in [6.07, 6.45) is 5.20. The van der Waals surface area contributed by atoms with Gasteiger partial charge in [-0.05, 0) is 56.2 Å². The Balaban J connectivity index is 1.78. The molecular formula is C17H24N2O. The highest BCUT2D eigenvalue weighted by molar-refractivity contribution is 5.85. The van der Waals surface area contributed by atoms with Gasteiger partial charge >= 0.3 is 0 Å². The van der Waals surface area contributed by atoms with E-state index in [1.54, 1.807) is 0 Å². The molecule has 3 heteroatoms. The van der Waals surface area contributed by atoms with Crippen molar-refractivity contribution in [1.29, 1.82) is 0 Å². The maximum atomic E-state index is 10.2. The first-order valence-corrected chi connectivity index (χ1v) is 7.65. The first kappa shape index (κ1) is 13.6. The zero-order valence-corrected chi connectivity index (χ0v) is 12.5. The van der Waals surface area contributed by atoms with Gasteiger partial charge in [-0.1, -0.05) is 12.1 Å². The fourth-order valence-electron chi connectivity index (χ4n) is 3.45. The molecule has 1 N–H and O–H groups in total. The van der Waals surface area contributed by atoms with Crippen molar-refractivity contribution >= 4 is 11.9 Å². The number of nitrogens with zero attached hydrogens (tertiary/aromatic N) is 2. The molecule has 1 saturated heterocycles. The summed E-state index contributed by atoms with van der Waals surface area (Å²) in [4.78, 5) is 6.86. The molecule has 0 spiro atoms. The number of fused-ring (bicyclic) bond motifs is 1. The smallest absolute Gasteiger partial charge is 0.0621 e. The minimum absolute atomic E-state index is 0.417. The Kier molecular flexibility index (Phi) is 3.55. The Bertz CT molecular complexity index is 508. The Labute approximate surface area is 121 Å². The topological polar surface area (TPSA) is 35.8 Å². The first-order chi connectivity index (χ1) is 9.55. The number of benzene rings is 1. The van der Waals surface area contributed by atoms with Crippen LogP contribution in [0.3, 0.4) is 0 Å². The van der Waals surface area contributed by atoms with Crippen LogP contribution in [0, 0.1) is 5.92 Å². The monoisotopic (exact) mass is 272 g/mol. The highest BCUT2D eigenvalue weighted by Crippen LogP contribution is 2.33. The van der Waals surface area contributed by atoms with Crippen LogP contribution in [0.4, 0.5) is 5.69 Å². The molecule has 0 amide bonds. The van der Waals surface area contributed by atoms with Gasteiger partial charge in [-0.3, -0.25) is 4.99 Å². The molecule has 108 valence electrons. The third kappa shape index (κ3) is 2.59. The molecule has 3 nitrogen and oxygen atoms in total. The second-order valence-electron chi connectivity index (χ2n) is 6.55. The van der Waals surface area contributed by atoms with Gasteiger partial charge in [0.2, 0.25) is 0 Å². The Morgan fingerprint density at radius 2 is 2.00 bits per heavy atom. The number of hydrogen-bond donors (Lipinski definition) is 1. The minimum Gasteiger partial charge on any atom is -0.390 e. The number of hydrogen-bond acceptors (Lipinski definition) is 3. The number of aliphatic imine (C=N–C) groups is 1. The van der Waals surface area contributed by atoms with Crippen LogP contribution in [0.2, 0.25) is 0 Å². The lowest BCUT2D eigenvalue weighted by atomic mass is 9.83. The predicted molar refractivity (Wildman–Crippen MR) is 83.8 cm³/mol. The van der Waals surface area contributed by atoms with Crippen LogP contribution >= 0.6 is 0 Å².